The second kappa shape index (κ2) is 5.98. The van der Waals surface area contributed by atoms with E-state index in [9.17, 15) is 0 Å². The zero-order chi connectivity index (χ0) is 13.9. The molecule has 0 saturated carbocycles. The fraction of sp³-hybridized carbons (Fsp3) is 0.846. The number of nitrogens with zero attached hydrogens (tertiary/aromatic N) is 2. The molecule has 1 unspecified atom stereocenters. The normalized spacial score (nSPS) is 26.5. The molecule has 6 nitrogen and oxygen atoms in total. The Morgan fingerprint density at radius 1 is 1.47 bits per heavy atom. The first-order valence-electron chi connectivity index (χ1n) is 6.87. The van der Waals surface area contributed by atoms with Crippen LogP contribution in [0, 0.1) is 0 Å². The van der Waals surface area contributed by atoms with Crippen molar-refractivity contribution in [3.63, 3.8) is 0 Å². The van der Waals surface area contributed by atoms with Crippen molar-refractivity contribution in [2.24, 2.45) is 0 Å². The summed E-state index contributed by atoms with van der Waals surface area (Å²) in [7, 11) is 1.72. The van der Waals surface area contributed by atoms with Gasteiger partial charge in [-0.05, 0) is 26.7 Å². The molecule has 6 heteroatoms. The molecule has 3 atom stereocenters. The van der Waals surface area contributed by atoms with Gasteiger partial charge in [-0.3, -0.25) is 0 Å². The number of hydrogen-bond acceptors (Lipinski definition) is 6. The zero-order valence-corrected chi connectivity index (χ0v) is 12.1. The van der Waals surface area contributed by atoms with Gasteiger partial charge in [0.15, 0.2) is 0 Å². The molecule has 2 heterocycles. The van der Waals surface area contributed by atoms with Crippen LogP contribution in [0.3, 0.4) is 0 Å². The van der Waals surface area contributed by atoms with Gasteiger partial charge in [0, 0.05) is 20.3 Å². The summed E-state index contributed by atoms with van der Waals surface area (Å²) < 4.78 is 16.4. The molecule has 0 amide bonds. The predicted molar refractivity (Wildman–Crippen MR) is 69.7 cm³/mol. The summed E-state index contributed by atoms with van der Waals surface area (Å²) in [5, 5.41) is 7.41. The van der Waals surface area contributed by atoms with Crippen LogP contribution < -0.4 is 5.32 Å². The maximum Gasteiger partial charge on any atom is 0.243 e. The first kappa shape index (κ1) is 14.4. The van der Waals surface area contributed by atoms with Crippen LogP contribution in [0.5, 0.6) is 0 Å². The molecule has 1 N–H and O–H groups in total. The number of rotatable bonds is 6. The maximum atomic E-state index is 5.75. The number of hydrogen-bond donors (Lipinski definition) is 1. The van der Waals surface area contributed by atoms with E-state index in [2.05, 4.69) is 22.4 Å². The summed E-state index contributed by atoms with van der Waals surface area (Å²) in [4.78, 5) is 4.50. The SMILES string of the molecule is CCOC(C)(CC)c1noc([C@H]2C[C@H](OC)CN2)n1. The van der Waals surface area contributed by atoms with Gasteiger partial charge in [-0.2, -0.15) is 4.98 Å². The number of ether oxygens (including phenoxy) is 2. The average Bonchev–Trinajstić information content (AvgIpc) is 3.07. The minimum absolute atomic E-state index is 0.0777. The first-order chi connectivity index (χ1) is 9.12. The third-order valence-corrected chi connectivity index (χ3v) is 3.77. The van der Waals surface area contributed by atoms with Gasteiger partial charge in [0.05, 0.1) is 12.1 Å². The third kappa shape index (κ3) is 2.96. The second-order valence-corrected chi connectivity index (χ2v) is 5.03. The molecule has 1 aliphatic heterocycles. The maximum absolute atomic E-state index is 5.75. The standard InChI is InChI=1S/C13H23N3O3/c1-5-13(3,18-6-2)12-15-11(19-16-12)10-7-9(17-4)8-14-10/h9-10,14H,5-8H2,1-4H3/t9-,10+,13?/m0/s1. The minimum atomic E-state index is -0.476. The zero-order valence-electron chi connectivity index (χ0n) is 12.1. The Bertz CT molecular complexity index is 410. The summed E-state index contributed by atoms with van der Waals surface area (Å²) in [6, 6.07) is 0.0777. The van der Waals surface area contributed by atoms with Crippen LogP contribution in [0.15, 0.2) is 4.52 Å². The van der Waals surface area contributed by atoms with Crippen LogP contribution >= 0.6 is 0 Å². The molecule has 0 aromatic carbocycles. The summed E-state index contributed by atoms with van der Waals surface area (Å²) in [6.45, 7) is 7.46. The first-order valence-corrected chi connectivity index (χ1v) is 6.87. The van der Waals surface area contributed by atoms with Crippen molar-refractivity contribution >= 4 is 0 Å². The Hall–Kier alpha value is -0.980. The van der Waals surface area contributed by atoms with Crippen molar-refractivity contribution < 1.29 is 14.0 Å². The quantitative estimate of drug-likeness (QED) is 0.849. The number of methoxy groups -OCH3 is 1. The van der Waals surface area contributed by atoms with E-state index in [1.165, 1.54) is 0 Å². The fourth-order valence-corrected chi connectivity index (χ4v) is 2.31. The van der Waals surface area contributed by atoms with Gasteiger partial charge < -0.3 is 19.3 Å². The molecular weight excluding hydrogens is 246 g/mol. The summed E-state index contributed by atoms with van der Waals surface area (Å²) in [5.41, 5.74) is -0.476. The van der Waals surface area contributed by atoms with Crippen molar-refractivity contribution in [1.82, 2.24) is 15.5 Å². The average molecular weight is 269 g/mol. The molecular formula is C13H23N3O3. The molecule has 108 valence electrons. The van der Waals surface area contributed by atoms with Gasteiger partial charge in [0.25, 0.3) is 0 Å². The topological polar surface area (TPSA) is 69.4 Å². The van der Waals surface area contributed by atoms with E-state index in [0.29, 0.717) is 18.3 Å². The van der Waals surface area contributed by atoms with Crippen molar-refractivity contribution in [2.45, 2.75) is 51.4 Å². The highest BCUT2D eigenvalue weighted by atomic mass is 16.5. The van der Waals surface area contributed by atoms with Crippen LogP contribution in [-0.4, -0.2) is 36.5 Å². The van der Waals surface area contributed by atoms with Crippen LogP contribution in [0.25, 0.3) is 0 Å². The lowest BCUT2D eigenvalue weighted by molar-refractivity contribution is -0.0403. The molecule has 1 aromatic heterocycles. The molecule has 0 radical (unpaired) electrons. The highest BCUT2D eigenvalue weighted by Gasteiger charge is 2.34. The molecule has 2 rings (SSSR count). The van der Waals surface area contributed by atoms with Crippen LogP contribution in [0.1, 0.15) is 51.4 Å². The van der Waals surface area contributed by atoms with Crippen LogP contribution in [0.2, 0.25) is 0 Å². The largest absolute Gasteiger partial charge is 0.380 e. The molecule has 19 heavy (non-hydrogen) atoms. The Morgan fingerprint density at radius 2 is 2.26 bits per heavy atom. The molecule has 1 saturated heterocycles. The number of nitrogens with one attached hydrogen (secondary N) is 1. The Labute approximate surface area is 113 Å². The van der Waals surface area contributed by atoms with Crippen molar-refractivity contribution in [3.05, 3.63) is 11.7 Å². The summed E-state index contributed by atoms with van der Waals surface area (Å²) >= 11 is 0. The lowest BCUT2D eigenvalue weighted by atomic mass is 10.0. The Morgan fingerprint density at radius 3 is 2.84 bits per heavy atom. The van der Waals surface area contributed by atoms with Gasteiger partial charge in [-0.25, -0.2) is 0 Å². The van der Waals surface area contributed by atoms with E-state index < -0.39 is 5.60 Å². The van der Waals surface area contributed by atoms with Gasteiger partial charge in [-0.1, -0.05) is 12.1 Å². The lowest BCUT2D eigenvalue weighted by Gasteiger charge is -2.23. The fourth-order valence-electron chi connectivity index (χ4n) is 2.31. The van der Waals surface area contributed by atoms with E-state index in [0.717, 1.165) is 19.4 Å². The molecule has 1 fully saturated rings. The van der Waals surface area contributed by atoms with E-state index in [-0.39, 0.29) is 12.1 Å². The van der Waals surface area contributed by atoms with E-state index in [1.54, 1.807) is 7.11 Å². The molecule has 0 aliphatic carbocycles. The van der Waals surface area contributed by atoms with E-state index in [1.807, 2.05) is 13.8 Å². The van der Waals surface area contributed by atoms with Crippen molar-refractivity contribution in [1.29, 1.82) is 0 Å². The molecule has 0 bridgehead atoms. The summed E-state index contributed by atoms with van der Waals surface area (Å²) in [6.07, 6.45) is 1.87. The van der Waals surface area contributed by atoms with Crippen LogP contribution in [-0.2, 0) is 15.1 Å². The van der Waals surface area contributed by atoms with Gasteiger partial charge in [0.2, 0.25) is 11.7 Å². The van der Waals surface area contributed by atoms with Crippen molar-refractivity contribution in [2.75, 3.05) is 20.3 Å². The predicted octanol–water partition coefficient (Wildman–Crippen LogP) is 1.78. The highest BCUT2D eigenvalue weighted by molar-refractivity contribution is 5.03. The van der Waals surface area contributed by atoms with Gasteiger partial charge in [0.1, 0.15) is 5.60 Å². The monoisotopic (exact) mass is 269 g/mol. The summed E-state index contributed by atoms with van der Waals surface area (Å²) in [5.74, 6) is 1.24. The third-order valence-electron chi connectivity index (χ3n) is 3.77. The number of aromatic nitrogens is 2. The lowest BCUT2D eigenvalue weighted by Crippen LogP contribution is -2.26. The Balaban J connectivity index is 2.10. The van der Waals surface area contributed by atoms with Gasteiger partial charge >= 0.3 is 0 Å². The highest BCUT2D eigenvalue weighted by Crippen LogP contribution is 2.29. The second-order valence-electron chi connectivity index (χ2n) is 5.03. The Kier molecular flexibility index (Phi) is 4.54. The smallest absolute Gasteiger partial charge is 0.243 e. The molecule has 1 aromatic rings. The molecule has 1 aliphatic rings. The van der Waals surface area contributed by atoms with Crippen LogP contribution in [0.4, 0.5) is 0 Å². The van der Waals surface area contributed by atoms with Crippen molar-refractivity contribution in [3.8, 4) is 0 Å². The van der Waals surface area contributed by atoms with E-state index in [4.69, 9.17) is 14.0 Å². The van der Waals surface area contributed by atoms with Gasteiger partial charge in [-0.15, -0.1) is 0 Å². The van der Waals surface area contributed by atoms with E-state index >= 15 is 0 Å². The molecule has 0 spiro atoms. The minimum Gasteiger partial charge on any atom is -0.380 e.